The molecule has 5 amide bonds. The summed E-state index contributed by atoms with van der Waals surface area (Å²) in [7, 11) is 0. The number of hydrazine groups is 1. The van der Waals surface area contributed by atoms with E-state index in [0.717, 1.165) is 18.4 Å². The molecule has 2 aliphatic heterocycles. The lowest BCUT2D eigenvalue weighted by molar-refractivity contribution is -0.153. The highest BCUT2D eigenvalue weighted by Crippen LogP contribution is 2.59. The SMILES string of the molecule is CC(C)(C)OC(=O)NC1(CC(=O)NNC(=O)C2CC3(CC3)[C@H]3CN2C(=O)N3OCc2ccccc2)CC1. The lowest BCUT2D eigenvalue weighted by atomic mass is 9.85. The first-order chi connectivity index (χ1) is 17.5. The minimum Gasteiger partial charge on any atom is -0.444 e. The maximum atomic E-state index is 13.2. The van der Waals surface area contributed by atoms with Crippen molar-refractivity contribution in [2.75, 3.05) is 6.54 Å². The summed E-state index contributed by atoms with van der Waals surface area (Å²) in [5, 5.41) is 4.22. The highest BCUT2D eigenvalue weighted by Gasteiger charge is 2.64. The van der Waals surface area contributed by atoms with Crippen molar-refractivity contribution in [3.05, 3.63) is 35.9 Å². The van der Waals surface area contributed by atoms with Crippen LogP contribution in [0, 0.1) is 5.41 Å². The van der Waals surface area contributed by atoms with Gasteiger partial charge in [0.2, 0.25) is 5.91 Å². The molecule has 37 heavy (non-hydrogen) atoms. The second kappa shape index (κ2) is 9.20. The van der Waals surface area contributed by atoms with E-state index in [9.17, 15) is 19.2 Å². The highest BCUT2D eigenvalue weighted by atomic mass is 16.7. The first-order valence-electron chi connectivity index (χ1n) is 12.9. The van der Waals surface area contributed by atoms with Gasteiger partial charge in [0.15, 0.2) is 0 Å². The van der Waals surface area contributed by atoms with Crippen LogP contribution in [-0.4, -0.2) is 63.7 Å². The Kier molecular flexibility index (Phi) is 6.29. The van der Waals surface area contributed by atoms with Gasteiger partial charge in [0.05, 0.1) is 18.0 Å². The maximum absolute atomic E-state index is 13.2. The summed E-state index contributed by atoms with van der Waals surface area (Å²) in [5.41, 5.74) is 4.49. The van der Waals surface area contributed by atoms with E-state index in [1.807, 2.05) is 30.3 Å². The van der Waals surface area contributed by atoms with Gasteiger partial charge < -0.3 is 15.0 Å². The van der Waals surface area contributed by atoms with E-state index in [2.05, 4.69) is 16.2 Å². The molecule has 3 N–H and O–H groups in total. The first-order valence-corrected chi connectivity index (χ1v) is 12.9. The zero-order chi connectivity index (χ0) is 26.4. The van der Waals surface area contributed by atoms with Gasteiger partial charge in [-0.25, -0.2) is 9.59 Å². The van der Waals surface area contributed by atoms with Crippen LogP contribution in [0.25, 0.3) is 0 Å². The molecule has 1 unspecified atom stereocenters. The predicted molar refractivity (Wildman–Crippen MR) is 131 cm³/mol. The van der Waals surface area contributed by atoms with Crippen molar-refractivity contribution < 1.29 is 28.8 Å². The zero-order valence-electron chi connectivity index (χ0n) is 21.5. The van der Waals surface area contributed by atoms with Gasteiger partial charge in [0.1, 0.15) is 18.2 Å². The van der Waals surface area contributed by atoms with Crippen molar-refractivity contribution in [1.82, 2.24) is 26.1 Å². The topological polar surface area (TPSA) is 129 Å². The second-order valence-corrected chi connectivity index (χ2v) is 11.7. The number of hydrogen-bond acceptors (Lipinski definition) is 6. The van der Waals surface area contributed by atoms with Crippen LogP contribution in [0.5, 0.6) is 0 Å². The average molecular weight is 514 g/mol. The predicted octanol–water partition coefficient (Wildman–Crippen LogP) is 2.37. The number of piperidine rings is 1. The molecule has 2 saturated heterocycles. The second-order valence-electron chi connectivity index (χ2n) is 11.7. The van der Waals surface area contributed by atoms with Gasteiger partial charge in [0.25, 0.3) is 5.91 Å². The number of fused-ring (bicyclic) bond motifs is 3. The molecule has 2 saturated carbocycles. The summed E-state index contributed by atoms with van der Waals surface area (Å²) in [5.74, 6) is -0.849. The molecule has 5 rings (SSSR count). The molecule has 4 aliphatic rings. The molecule has 0 radical (unpaired) electrons. The maximum Gasteiger partial charge on any atom is 0.408 e. The van der Waals surface area contributed by atoms with Crippen molar-refractivity contribution in [3.8, 4) is 0 Å². The number of hydrogen-bond donors (Lipinski definition) is 3. The van der Waals surface area contributed by atoms with Crippen molar-refractivity contribution in [3.63, 3.8) is 0 Å². The van der Waals surface area contributed by atoms with Crippen LogP contribution >= 0.6 is 0 Å². The summed E-state index contributed by atoms with van der Waals surface area (Å²) in [6, 6.07) is 8.54. The fraction of sp³-hybridized carbons (Fsp3) is 0.615. The molecule has 2 aliphatic carbocycles. The summed E-state index contributed by atoms with van der Waals surface area (Å²) in [6.07, 6.45) is 3.15. The molecule has 4 fully saturated rings. The number of nitrogens with one attached hydrogen (secondary N) is 3. The molecule has 200 valence electrons. The minimum absolute atomic E-state index is 0.0208. The summed E-state index contributed by atoms with van der Waals surface area (Å²) >= 11 is 0. The van der Waals surface area contributed by atoms with Crippen molar-refractivity contribution in [1.29, 1.82) is 0 Å². The Morgan fingerprint density at radius 3 is 2.38 bits per heavy atom. The average Bonchev–Trinajstić information content (AvgIpc) is 3.75. The smallest absolute Gasteiger partial charge is 0.408 e. The van der Waals surface area contributed by atoms with Gasteiger partial charge in [0, 0.05) is 6.54 Å². The monoisotopic (exact) mass is 513 g/mol. The normalized spacial score (nSPS) is 24.5. The Hall–Kier alpha value is -3.34. The number of ether oxygens (including phenoxy) is 1. The third-order valence-corrected chi connectivity index (χ3v) is 7.62. The largest absolute Gasteiger partial charge is 0.444 e. The third-order valence-electron chi connectivity index (χ3n) is 7.62. The Balaban J connectivity index is 1.14. The van der Waals surface area contributed by atoms with E-state index in [1.54, 1.807) is 20.8 Å². The molecule has 1 aromatic carbocycles. The van der Waals surface area contributed by atoms with Gasteiger partial charge in [-0.1, -0.05) is 30.3 Å². The molecule has 11 nitrogen and oxygen atoms in total. The molecule has 2 heterocycles. The van der Waals surface area contributed by atoms with Crippen LogP contribution in [0.2, 0.25) is 0 Å². The number of rotatable bonds is 7. The first kappa shape index (κ1) is 25.3. The van der Waals surface area contributed by atoms with Crippen molar-refractivity contribution in [2.24, 2.45) is 5.41 Å². The molecular formula is C26H35N5O6. The van der Waals surface area contributed by atoms with Crippen LogP contribution in [0.1, 0.15) is 64.9 Å². The number of alkyl carbamates (subject to hydrolysis) is 1. The fourth-order valence-corrected chi connectivity index (χ4v) is 5.31. The van der Waals surface area contributed by atoms with E-state index >= 15 is 0 Å². The number of carbonyl (C=O) groups is 4. The standard InChI is InChI=1S/C26H35N5O6/c1-24(2,3)37-22(34)27-26(11-12-26)14-20(32)28-29-21(33)18-13-25(9-10-25)19-15-30(18)23(35)31(19)36-16-17-7-5-4-6-8-17/h4-8,18-19H,9-16H2,1-3H3,(H,27,34)(H,28,32)(H,29,33)/t18?,19-/m1/s1. The Morgan fingerprint density at radius 2 is 1.76 bits per heavy atom. The lowest BCUT2D eigenvalue weighted by Gasteiger charge is -2.35. The van der Waals surface area contributed by atoms with Crippen LogP contribution < -0.4 is 16.2 Å². The number of nitrogens with zero attached hydrogens (tertiary/aromatic N) is 2. The minimum atomic E-state index is -0.688. The number of carbonyl (C=O) groups excluding carboxylic acids is 4. The number of benzene rings is 1. The van der Waals surface area contributed by atoms with Crippen LogP contribution in [0.4, 0.5) is 9.59 Å². The van der Waals surface area contributed by atoms with Crippen LogP contribution in [0.15, 0.2) is 30.3 Å². The Morgan fingerprint density at radius 1 is 1.05 bits per heavy atom. The van der Waals surface area contributed by atoms with Gasteiger partial charge in [-0.3, -0.25) is 25.3 Å². The van der Waals surface area contributed by atoms with Crippen molar-refractivity contribution in [2.45, 2.75) is 89.1 Å². The van der Waals surface area contributed by atoms with Crippen LogP contribution in [-0.2, 0) is 25.8 Å². The van der Waals surface area contributed by atoms with E-state index in [4.69, 9.17) is 9.57 Å². The number of urea groups is 1. The van der Waals surface area contributed by atoms with Gasteiger partial charge in [-0.15, -0.1) is 0 Å². The molecule has 2 bridgehead atoms. The molecule has 11 heteroatoms. The zero-order valence-corrected chi connectivity index (χ0v) is 21.5. The van der Waals surface area contributed by atoms with Crippen molar-refractivity contribution >= 4 is 23.9 Å². The van der Waals surface area contributed by atoms with Gasteiger partial charge >= 0.3 is 12.1 Å². The molecule has 0 aromatic heterocycles. The Bertz CT molecular complexity index is 1080. The molecule has 1 spiro atoms. The summed E-state index contributed by atoms with van der Waals surface area (Å²) in [6.45, 7) is 6.01. The van der Waals surface area contributed by atoms with E-state index in [0.29, 0.717) is 25.8 Å². The number of hydroxylamine groups is 2. The molecular weight excluding hydrogens is 478 g/mol. The van der Waals surface area contributed by atoms with Gasteiger partial charge in [-0.2, -0.15) is 5.06 Å². The summed E-state index contributed by atoms with van der Waals surface area (Å²) in [4.78, 5) is 58.4. The van der Waals surface area contributed by atoms with E-state index in [-0.39, 0.29) is 30.5 Å². The van der Waals surface area contributed by atoms with Gasteiger partial charge in [-0.05, 0) is 63.9 Å². The molecule has 1 aromatic rings. The fourth-order valence-electron chi connectivity index (χ4n) is 5.31. The highest BCUT2D eigenvalue weighted by molar-refractivity contribution is 5.90. The van der Waals surface area contributed by atoms with Crippen LogP contribution in [0.3, 0.4) is 0 Å². The molecule has 2 atom stereocenters. The summed E-state index contributed by atoms with van der Waals surface area (Å²) < 4.78 is 5.28. The van der Waals surface area contributed by atoms with E-state index < -0.39 is 35.1 Å². The Labute approximate surface area is 216 Å². The van der Waals surface area contributed by atoms with E-state index in [1.165, 1.54) is 9.96 Å². The lowest BCUT2D eigenvalue weighted by Crippen LogP contribution is -2.56. The number of amides is 5. The third kappa shape index (κ3) is 5.51. The quantitative estimate of drug-likeness (QED) is 0.480.